The maximum atomic E-state index is 13.9. The Labute approximate surface area is 229 Å². The van der Waals surface area contributed by atoms with E-state index in [4.69, 9.17) is 11.6 Å². The fourth-order valence-corrected chi connectivity index (χ4v) is 5.50. The van der Waals surface area contributed by atoms with Gasteiger partial charge < -0.3 is 5.32 Å². The van der Waals surface area contributed by atoms with E-state index in [1.165, 1.54) is 24.8 Å². The van der Waals surface area contributed by atoms with E-state index in [2.05, 4.69) is 40.5 Å². The Morgan fingerprint density at radius 3 is 2.39 bits per heavy atom. The standard InChI is InChI=1S/C32H34ClN3O2/c1-22(2)34-31(37)21-36-30(27-10-7-11-28(33)17-27)19-26-13-12-25(18-29(26)32(36)38)24-9-6-8-23(16-24)20-35-14-4-3-5-15-35/h6-13,16-19,22H,3-5,14-15,20-21H2,1-2H3,(H,34,37). The molecule has 4 aromatic rings. The fraction of sp³-hybridized carbons (Fsp3) is 0.312. The van der Waals surface area contributed by atoms with Crippen LogP contribution in [0.3, 0.4) is 0 Å². The van der Waals surface area contributed by atoms with Gasteiger partial charge in [0, 0.05) is 23.0 Å². The SMILES string of the molecule is CC(C)NC(=O)Cn1c(-c2cccc(Cl)c2)cc2ccc(-c3cccc(CN4CCCCC4)c3)cc2c1=O. The van der Waals surface area contributed by atoms with Crippen LogP contribution in [-0.4, -0.2) is 34.5 Å². The zero-order valence-electron chi connectivity index (χ0n) is 22.0. The number of benzene rings is 3. The average molecular weight is 528 g/mol. The van der Waals surface area contributed by atoms with Gasteiger partial charge in [-0.1, -0.05) is 60.5 Å². The number of piperidine rings is 1. The Morgan fingerprint density at radius 1 is 0.895 bits per heavy atom. The van der Waals surface area contributed by atoms with Gasteiger partial charge in [-0.25, -0.2) is 0 Å². The number of aromatic nitrogens is 1. The number of halogens is 1. The van der Waals surface area contributed by atoms with Gasteiger partial charge >= 0.3 is 0 Å². The van der Waals surface area contributed by atoms with Crippen LogP contribution in [0.1, 0.15) is 38.7 Å². The molecule has 0 aliphatic carbocycles. The molecule has 1 saturated heterocycles. The molecular weight excluding hydrogens is 494 g/mol. The summed E-state index contributed by atoms with van der Waals surface area (Å²) in [6, 6.07) is 23.9. The van der Waals surface area contributed by atoms with Crippen molar-refractivity contribution >= 4 is 28.3 Å². The van der Waals surface area contributed by atoms with Crippen molar-refractivity contribution in [1.82, 2.24) is 14.8 Å². The highest BCUT2D eigenvalue weighted by Gasteiger charge is 2.16. The monoisotopic (exact) mass is 527 g/mol. The minimum absolute atomic E-state index is 0.0166. The number of rotatable bonds is 7. The summed E-state index contributed by atoms with van der Waals surface area (Å²) >= 11 is 6.27. The van der Waals surface area contributed by atoms with E-state index in [0.717, 1.165) is 41.7 Å². The van der Waals surface area contributed by atoms with Crippen LogP contribution in [0.5, 0.6) is 0 Å². The Kier molecular flexibility index (Phi) is 7.96. The van der Waals surface area contributed by atoms with E-state index in [1.807, 2.05) is 50.2 Å². The summed E-state index contributed by atoms with van der Waals surface area (Å²) in [5.41, 5.74) is 4.63. The Morgan fingerprint density at radius 2 is 1.63 bits per heavy atom. The van der Waals surface area contributed by atoms with Gasteiger partial charge in [-0.3, -0.25) is 19.1 Å². The number of carbonyl (C=O) groups excluding carboxylic acids is 1. The highest BCUT2D eigenvalue weighted by Crippen LogP contribution is 2.29. The molecule has 1 aromatic heterocycles. The van der Waals surface area contributed by atoms with E-state index >= 15 is 0 Å². The molecule has 1 N–H and O–H groups in total. The van der Waals surface area contributed by atoms with Gasteiger partial charge in [-0.15, -0.1) is 0 Å². The van der Waals surface area contributed by atoms with E-state index in [0.29, 0.717) is 16.1 Å². The third kappa shape index (κ3) is 6.01. The van der Waals surface area contributed by atoms with Gasteiger partial charge in [-0.2, -0.15) is 0 Å². The van der Waals surface area contributed by atoms with Gasteiger partial charge in [0.05, 0.1) is 5.69 Å². The van der Waals surface area contributed by atoms with E-state index in [1.54, 1.807) is 10.6 Å². The number of hydrogen-bond acceptors (Lipinski definition) is 3. The third-order valence-corrected chi connectivity index (χ3v) is 7.33. The van der Waals surface area contributed by atoms with Crippen molar-refractivity contribution in [3.8, 4) is 22.4 Å². The van der Waals surface area contributed by atoms with Gasteiger partial charge in [-0.05, 0) is 97.8 Å². The minimum atomic E-state index is -0.203. The molecule has 5 rings (SSSR count). The lowest BCUT2D eigenvalue weighted by Crippen LogP contribution is -2.36. The van der Waals surface area contributed by atoms with Crippen LogP contribution in [0.2, 0.25) is 5.02 Å². The maximum absolute atomic E-state index is 13.9. The molecule has 5 nitrogen and oxygen atoms in total. The molecule has 196 valence electrons. The van der Waals surface area contributed by atoms with E-state index in [-0.39, 0.29) is 24.1 Å². The van der Waals surface area contributed by atoms with Crippen LogP contribution in [0.25, 0.3) is 33.2 Å². The average Bonchev–Trinajstić information content (AvgIpc) is 2.90. The molecule has 0 unspecified atom stereocenters. The fourth-order valence-electron chi connectivity index (χ4n) is 5.31. The maximum Gasteiger partial charge on any atom is 0.259 e. The zero-order chi connectivity index (χ0) is 26.6. The lowest BCUT2D eigenvalue weighted by molar-refractivity contribution is -0.122. The first-order valence-electron chi connectivity index (χ1n) is 13.4. The summed E-state index contributed by atoms with van der Waals surface area (Å²) in [6.07, 6.45) is 3.86. The molecule has 3 aromatic carbocycles. The number of pyridine rings is 1. The van der Waals surface area contributed by atoms with Crippen molar-refractivity contribution in [3.63, 3.8) is 0 Å². The molecule has 1 amide bonds. The summed E-state index contributed by atoms with van der Waals surface area (Å²) in [7, 11) is 0. The molecular formula is C32H34ClN3O2. The number of amides is 1. The largest absolute Gasteiger partial charge is 0.352 e. The molecule has 6 heteroatoms. The van der Waals surface area contributed by atoms with Crippen molar-refractivity contribution in [3.05, 3.63) is 93.7 Å². The molecule has 0 spiro atoms. The number of hydrogen-bond donors (Lipinski definition) is 1. The van der Waals surface area contributed by atoms with Crippen LogP contribution in [-0.2, 0) is 17.9 Å². The highest BCUT2D eigenvalue weighted by atomic mass is 35.5. The van der Waals surface area contributed by atoms with E-state index < -0.39 is 0 Å². The van der Waals surface area contributed by atoms with Crippen molar-refractivity contribution in [2.45, 2.75) is 52.2 Å². The predicted octanol–water partition coefficient (Wildman–Crippen LogP) is 6.50. The lowest BCUT2D eigenvalue weighted by Gasteiger charge is -2.26. The second-order valence-electron chi connectivity index (χ2n) is 10.5. The Balaban J connectivity index is 1.56. The summed E-state index contributed by atoms with van der Waals surface area (Å²) in [4.78, 5) is 29.2. The molecule has 0 radical (unpaired) electrons. The van der Waals surface area contributed by atoms with Gasteiger partial charge in [0.15, 0.2) is 0 Å². The van der Waals surface area contributed by atoms with Crippen LogP contribution >= 0.6 is 11.6 Å². The zero-order valence-corrected chi connectivity index (χ0v) is 22.8. The molecule has 0 atom stereocenters. The lowest BCUT2D eigenvalue weighted by atomic mass is 9.98. The summed E-state index contributed by atoms with van der Waals surface area (Å²) in [6.45, 7) is 7.00. The summed E-state index contributed by atoms with van der Waals surface area (Å²) in [5, 5.41) is 4.90. The summed E-state index contributed by atoms with van der Waals surface area (Å²) < 4.78 is 1.56. The van der Waals surface area contributed by atoms with Crippen LogP contribution in [0.4, 0.5) is 0 Å². The third-order valence-electron chi connectivity index (χ3n) is 7.10. The quantitative estimate of drug-likeness (QED) is 0.298. The molecule has 1 fully saturated rings. The topological polar surface area (TPSA) is 54.3 Å². The number of nitrogens with zero attached hydrogens (tertiary/aromatic N) is 2. The molecule has 1 aliphatic rings. The first-order chi connectivity index (χ1) is 18.4. The molecule has 1 aliphatic heterocycles. The normalized spacial score (nSPS) is 14.2. The first-order valence-corrected chi connectivity index (χ1v) is 13.8. The second kappa shape index (κ2) is 11.5. The van der Waals surface area contributed by atoms with Crippen molar-refractivity contribution in [2.75, 3.05) is 13.1 Å². The van der Waals surface area contributed by atoms with Crippen molar-refractivity contribution in [2.24, 2.45) is 0 Å². The number of fused-ring (bicyclic) bond motifs is 1. The van der Waals surface area contributed by atoms with Crippen LogP contribution in [0, 0.1) is 0 Å². The van der Waals surface area contributed by atoms with Crippen molar-refractivity contribution < 1.29 is 4.79 Å². The van der Waals surface area contributed by atoms with E-state index in [9.17, 15) is 9.59 Å². The van der Waals surface area contributed by atoms with Gasteiger partial charge in [0.25, 0.3) is 5.56 Å². The van der Waals surface area contributed by atoms with Crippen LogP contribution in [0.15, 0.2) is 77.6 Å². The number of likely N-dealkylation sites (tertiary alicyclic amines) is 1. The Bertz CT molecular complexity index is 1520. The first kappa shape index (κ1) is 26.2. The minimum Gasteiger partial charge on any atom is -0.352 e. The summed E-state index contributed by atoms with van der Waals surface area (Å²) in [5.74, 6) is -0.203. The molecule has 0 bridgehead atoms. The molecule has 0 saturated carbocycles. The smallest absolute Gasteiger partial charge is 0.259 e. The predicted molar refractivity (Wildman–Crippen MR) is 156 cm³/mol. The van der Waals surface area contributed by atoms with Crippen LogP contribution < -0.4 is 10.9 Å². The molecule has 2 heterocycles. The van der Waals surface area contributed by atoms with Gasteiger partial charge in [0.2, 0.25) is 5.91 Å². The second-order valence-corrected chi connectivity index (χ2v) is 10.9. The molecule has 38 heavy (non-hydrogen) atoms. The Hall–Kier alpha value is -3.41. The van der Waals surface area contributed by atoms with Gasteiger partial charge in [0.1, 0.15) is 6.54 Å². The number of carbonyl (C=O) groups is 1. The number of nitrogens with one attached hydrogen (secondary N) is 1. The highest BCUT2D eigenvalue weighted by molar-refractivity contribution is 6.30. The van der Waals surface area contributed by atoms with Crippen molar-refractivity contribution in [1.29, 1.82) is 0 Å².